The smallest absolute Gasteiger partial charge is 0.308 e. The molecule has 0 heterocycles. The number of carboxylic acid groups (broad SMARTS) is 1. The minimum Gasteiger partial charge on any atom is -0.481 e. The molecule has 0 unspecified atom stereocenters. The lowest BCUT2D eigenvalue weighted by molar-refractivity contribution is -0.146. The fraction of sp³-hybridized carbons (Fsp3) is 0.917. The molecule has 0 amide bonds. The Hall–Kier alpha value is -0.570. The molecular weight excluding hydrogens is 192 g/mol. The molecule has 0 rings (SSSR count). The van der Waals surface area contributed by atoms with Gasteiger partial charge in [0.25, 0.3) is 0 Å². The van der Waals surface area contributed by atoms with Crippen LogP contribution in [0.2, 0.25) is 0 Å². The molecule has 0 spiro atoms. The van der Waals surface area contributed by atoms with Crippen LogP contribution in [0.25, 0.3) is 0 Å². The standard InChI is InChI=1S/C12H24O3/c1-4-5-6-7-8-9(2)11(13)10(3)12(14)15/h9-11,13H,4-8H2,1-3H3,(H,14,15)/t9-,10+,11+/m0/s1. The van der Waals surface area contributed by atoms with Gasteiger partial charge >= 0.3 is 5.97 Å². The zero-order valence-corrected chi connectivity index (χ0v) is 10.1. The number of aliphatic hydroxyl groups is 1. The van der Waals surface area contributed by atoms with Gasteiger partial charge in [0.1, 0.15) is 0 Å². The maximum Gasteiger partial charge on any atom is 0.308 e. The molecule has 0 aliphatic rings. The Kier molecular flexibility index (Phi) is 7.39. The number of hydrogen-bond acceptors (Lipinski definition) is 2. The highest BCUT2D eigenvalue weighted by Gasteiger charge is 2.25. The van der Waals surface area contributed by atoms with Crippen LogP contribution in [0.4, 0.5) is 0 Å². The lowest BCUT2D eigenvalue weighted by Gasteiger charge is -2.21. The van der Waals surface area contributed by atoms with Crippen molar-refractivity contribution >= 4 is 5.97 Å². The van der Waals surface area contributed by atoms with E-state index in [-0.39, 0.29) is 5.92 Å². The Morgan fingerprint density at radius 2 is 1.80 bits per heavy atom. The first kappa shape index (κ1) is 14.4. The van der Waals surface area contributed by atoms with Gasteiger partial charge in [0.2, 0.25) is 0 Å². The van der Waals surface area contributed by atoms with Crippen molar-refractivity contribution in [2.45, 2.75) is 59.0 Å². The number of hydrogen-bond donors (Lipinski definition) is 2. The molecule has 0 aromatic carbocycles. The molecule has 2 N–H and O–H groups in total. The molecular formula is C12H24O3. The summed E-state index contributed by atoms with van der Waals surface area (Å²) in [6.07, 6.45) is 4.87. The van der Waals surface area contributed by atoms with E-state index < -0.39 is 18.0 Å². The van der Waals surface area contributed by atoms with Crippen molar-refractivity contribution in [3.63, 3.8) is 0 Å². The van der Waals surface area contributed by atoms with Crippen LogP contribution in [0, 0.1) is 11.8 Å². The lowest BCUT2D eigenvalue weighted by atomic mass is 9.89. The van der Waals surface area contributed by atoms with E-state index in [0.29, 0.717) is 0 Å². The second kappa shape index (κ2) is 7.69. The second-order valence-corrected chi connectivity index (χ2v) is 4.44. The van der Waals surface area contributed by atoms with Crippen molar-refractivity contribution in [3.8, 4) is 0 Å². The minimum atomic E-state index is -0.914. The molecule has 3 atom stereocenters. The van der Waals surface area contributed by atoms with Crippen LogP contribution in [0.1, 0.15) is 52.9 Å². The Labute approximate surface area is 92.5 Å². The summed E-state index contributed by atoms with van der Waals surface area (Å²) in [5.41, 5.74) is 0. The Bertz CT molecular complexity index is 180. The van der Waals surface area contributed by atoms with Gasteiger partial charge in [0.15, 0.2) is 0 Å². The molecule has 0 radical (unpaired) electrons. The second-order valence-electron chi connectivity index (χ2n) is 4.44. The van der Waals surface area contributed by atoms with Gasteiger partial charge in [-0.25, -0.2) is 0 Å². The van der Waals surface area contributed by atoms with Crippen molar-refractivity contribution in [1.29, 1.82) is 0 Å². The summed E-state index contributed by atoms with van der Waals surface area (Å²) in [6.45, 7) is 5.65. The quantitative estimate of drug-likeness (QED) is 0.613. The average molecular weight is 216 g/mol. The number of aliphatic carboxylic acids is 1. The molecule has 0 saturated heterocycles. The lowest BCUT2D eigenvalue weighted by Crippen LogP contribution is -2.31. The Morgan fingerprint density at radius 3 is 2.27 bits per heavy atom. The van der Waals surface area contributed by atoms with Crippen molar-refractivity contribution in [2.75, 3.05) is 0 Å². The fourth-order valence-corrected chi connectivity index (χ4v) is 1.70. The first-order valence-electron chi connectivity index (χ1n) is 5.91. The van der Waals surface area contributed by atoms with Crippen LogP contribution in [-0.2, 0) is 4.79 Å². The van der Waals surface area contributed by atoms with Crippen LogP contribution in [0.3, 0.4) is 0 Å². The summed E-state index contributed by atoms with van der Waals surface area (Å²) >= 11 is 0. The van der Waals surface area contributed by atoms with Crippen LogP contribution in [0.15, 0.2) is 0 Å². The third-order valence-electron chi connectivity index (χ3n) is 3.00. The summed E-state index contributed by atoms with van der Waals surface area (Å²) in [5.74, 6) is -1.50. The van der Waals surface area contributed by atoms with Crippen molar-refractivity contribution in [2.24, 2.45) is 11.8 Å². The van der Waals surface area contributed by atoms with Gasteiger partial charge in [0.05, 0.1) is 12.0 Å². The van der Waals surface area contributed by atoms with Gasteiger partial charge in [-0.05, 0) is 19.3 Å². The van der Waals surface area contributed by atoms with E-state index in [9.17, 15) is 9.90 Å². The van der Waals surface area contributed by atoms with Gasteiger partial charge in [-0.2, -0.15) is 0 Å². The summed E-state index contributed by atoms with van der Waals surface area (Å²) in [6, 6.07) is 0. The summed E-state index contributed by atoms with van der Waals surface area (Å²) < 4.78 is 0. The highest BCUT2D eigenvalue weighted by atomic mass is 16.4. The van der Waals surface area contributed by atoms with E-state index in [1.165, 1.54) is 19.3 Å². The Morgan fingerprint density at radius 1 is 1.20 bits per heavy atom. The SMILES string of the molecule is CCCCCC[C@H](C)[C@@H](O)[C@@H](C)C(=O)O. The van der Waals surface area contributed by atoms with E-state index in [4.69, 9.17) is 5.11 Å². The van der Waals surface area contributed by atoms with Gasteiger partial charge < -0.3 is 10.2 Å². The molecule has 0 aliphatic heterocycles. The average Bonchev–Trinajstić information content (AvgIpc) is 2.21. The molecule has 90 valence electrons. The van der Waals surface area contributed by atoms with Gasteiger partial charge in [-0.3, -0.25) is 4.79 Å². The van der Waals surface area contributed by atoms with Gasteiger partial charge in [0, 0.05) is 0 Å². The molecule has 0 aromatic rings. The van der Waals surface area contributed by atoms with Crippen LogP contribution < -0.4 is 0 Å². The summed E-state index contributed by atoms with van der Waals surface area (Å²) in [5, 5.41) is 18.5. The van der Waals surface area contributed by atoms with E-state index in [1.54, 1.807) is 6.92 Å². The number of unbranched alkanes of at least 4 members (excludes halogenated alkanes) is 3. The third kappa shape index (κ3) is 5.78. The van der Waals surface area contributed by atoms with Crippen LogP contribution in [0.5, 0.6) is 0 Å². The zero-order valence-electron chi connectivity index (χ0n) is 10.1. The fourth-order valence-electron chi connectivity index (χ4n) is 1.70. The minimum absolute atomic E-state index is 0.0768. The molecule has 0 aromatic heterocycles. The number of aliphatic hydroxyl groups excluding tert-OH is 1. The zero-order chi connectivity index (χ0) is 11.8. The van der Waals surface area contributed by atoms with Crippen LogP contribution in [-0.4, -0.2) is 22.3 Å². The Balaban J connectivity index is 3.78. The van der Waals surface area contributed by atoms with E-state index >= 15 is 0 Å². The first-order chi connectivity index (χ1) is 7.00. The number of carboxylic acids is 1. The highest BCUT2D eigenvalue weighted by Crippen LogP contribution is 2.19. The van der Waals surface area contributed by atoms with Crippen molar-refractivity contribution in [3.05, 3.63) is 0 Å². The van der Waals surface area contributed by atoms with E-state index in [0.717, 1.165) is 12.8 Å². The maximum absolute atomic E-state index is 10.7. The van der Waals surface area contributed by atoms with Crippen molar-refractivity contribution in [1.82, 2.24) is 0 Å². The van der Waals surface area contributed by atoms with E-state index in [2.05, 4.69) is 6.92 Å². The molecule has 0 saturated carbocycles. The molecule has 0 fully saturated rings. The molecule has 0 aliphatic carbocycles. The number of carbonyl (C=O) groups is 1. The topological polar surface area (TPSA) is 57.5 Å². The number of rotatable bonds is 8. The van der Waals surface area contributed by atoms with E-state index in [1.807, 2.05) is 6.92 Å². The van der Waals surface area contributed by atoms with Gasteiger partial charge in [-0.1, -0.05) is 39.5 Å². The normalized spacial score (nSPS) is 17.1. The predicted molar refractivity (Wildman–Crippen MR) is 60.7 cm³/mol. The monoisotopic (exact) mass is 216 g/mol. The summed E-state index contributed by atoms with van der Waals surface area (Å²) in [4.78, 5) is 10.7. The molecule has 3 nitrogen and oxygen atoms in total. The van der Waals surface area contributed by atoms with Crippen molar-refractivity contribution < 1.29 is 15.0 Å². The third-order valence-corrected chi connectivity index (χ3v) is 3.00. The highest BCUT2D eigenvalue weighted by molar-refractivity contribution is 5.70. The largest absolute Gasteiger partial charge is 0.481 e. The predicted octanol–water partition coefficient (Wildman–Crippen LogP) is 2.67. The molecule has 15 heavy (non-hydrogen) atoms. The molecule has 3 heteroatoms. The van der Waals surface area contributed by atoms with Crippen LogP contribution >= 0.6 is 0 Å². The molecule has 0 bridgehead atoms. The summed E-state index contributed by atoms with van der Waals surface area (Å²) in [7, 11) is 0. The maximum atomic E-state index is 10.7. The van der Waals surface area contributed by atoms with Gasteiger partial charge in [-0.15, -0.1) is 0 Å². The first-order valence-corrected chi connectivity index (χ1v) is 5.91.